The Bertz CT molecular complexity index is 651. The van der Waals surface area contributed by atoms with E-state index in [0.717, 1.165) is 63.5 Å². The first-order valence-corrected chi connectivity index (χ1v) is 9.15. The zero-order valence-electron chi connectivity index (χ0n) is 14.3. The molecule has 4 nitrogen and oxygen atoms in total. The van der Waals surface area contributed by atoms with Crippen molar-refractivity contribution in [1.82, 2.24) is 9.88 Å². The van der Waals surface area contributed by atoms with Crippen LogP contribution in [0.25, 0.3) is 0 Å². The van der Waals surface area contributed by atoms with Crippen LogP contribution in [-0.4, -0.2) is 44.0 Å². The number of anilines is 1. The highest BCUT2D eigenvalue weighted by Crippen LogP contribution is 2.18. The number of rotatable bonds is 6. The van der Waals surface area contributed by atoms with Gasteiger partial charge in [0.25, 0.3) is 0 Å². The predicted octanol–water partition coefficient (Wildman–Crippen LogP) is 2.55. The Morgan fingerprint density at radius 1 is 1.17 bits per heavy atom. The second kappa shape index (κ2) is 8.08. The smallest absolute Gasteiger partial charge is 0.369 e. The molecule has 1 aliphatic heterocycles. The molecule has 2 aromatic rings. The number of benzene rings is 1. The third kappa shape index (κ3) is 3.96. The molecule has 0 aliphatic carbocycles. The van der Waals surface area contributed by atoms with E-state index in [1.807, 2.05) is 0 Å². The molecule has 2 radical (unpaired) electrons. The van der Waals surface area contributed by atoms with Crippen LogP contribution in [0.1, 0.15) is 31.3 Å². The molecule has 3 rings (SSSR count). The van der Waals surface area contributed by atoms with Gasteiger partial charge in [-0.05, 0) is 30.2 Å². The average molecular weight is 344 g/mol. The topological polar surface area (TPSA) is 26.1 Å². The molecule has 2 heterocycles. The van der Waals surface area contributed by atoms with Crippen molar-refractivity contribution in [2.75, 3.05) is 31.1 Å². The van der Waals surface area contributed by atoms with E-state index in [1.165, 1.54) is 5.69 Å². The third-order valence-electron chi connectivity index (χ3n) is 4.69. The van der Waals surface area contributed by atoms with Gasteiger partial charge in [0, 0.05) is 38.3 Å². The maximum absolute atomic E-state index is 6.41. The van der Waals surface area contributed by atoms with Gasteiger partial charge in [-0.25, -0.2) is 4.98 Å². The molecule has 1 fully saturated rings. The molecule has 0 amide bonds. The number of imidazole rings is 1. The zero-order valence-corrected chi connectivity index (χ0v) is 15.1. The summed E-state index contributed by atoms with van der Waals surface area (Å²) in [5, 5.41) is 0.631. The lowest BCUT2D eigenvalue weighted by Gasteiger charge is -2.35. The average Bonchev–Trinajstić information content (AvgIpc) is 2.89. The molecule has 1 aliphatic rings. The summed E-state index contributed by atoms with van der Waals surface area (Å²) < 4.78 is 1.60. The lowest BCUT2D eigenvalue weighted by atomic mass is 10.2. The van der Waals surface area contributed by atoms with E-state index in [2.05, 4.69) is 52.0 Å². The zero-order chi connectivity index (χ0) is 16.9. The van der Waals surface area contributed by atoms with Crippen LogP contribution in [0.2, 0.25) is 5.15 Å². The molecule has 24 heavy (non-hydrogen) atoms. The van der Waals surface area contributed by atoms with Crippen molar-refractivity contribution in [2.24, 2.45) is 0 Å². The van der Waals surface area contributed by atoms with Crippen molar-refractivity contribution < 1.29 is 4.48 Å². The number of aromatic nitrogens is 2. The van der Waals surface area contributed by atoms with E-state index in [1.54, 1.807) is 4.48 Å². The van der Waals surface area contributed by atoms with Crippen LogP contribution in [0.15, 0.2) is 30.3 Å². The van der Waals surface area contributed by atoms with Crippen LogP contribution in [0.4, 0.5) is 5.69 Å². The van der Waals surface area contributed by atoms with Gasteiger partial charge in [0.1, 0.15) is 0 Å². The van der Waals surface area contributed by atoms with Crippen molar-refractivity contribution in [3.05, 3.63) is 47.0 Å². The molecule has 0 unspecified atom stereocenters. The highest BCUT2D eigenvalue weighted by molar-refractivity contribution is 6.29. The Hall–Kier alpha value is -1.46. The van der Waals surface area contributed by atoms with Gasteiger partial charge in [0.05, 0.1) is 6.54 Å². The van der Waals surface area contributed by atoms with E-state index in [4.69, 9.17) is 19.6 Å². The minimum Gasteiger partial charge on any atom is -0.369 e. The normalized spacial score (nSPS) is 15.8. The van der Waals surface area contributed by atoms with Crippen LogP contribution in [0.5, 0.6) is 0 Å². The maximum atomic E-state index is 6.41. The minimum absolute atomic E-state index is 0.631. The Morgan fingerprint density at radius 2 is 1.88 bits per heavy atom. The lowest BCUT2D eigenvalue weighted by Crippen LogP contribution is -2.46. The van der Waals surface area contributed by atoms with Gasteiger partial charge in [0.2, 0.25) is 11.0 Å². The molecule has 0 spiro atoms. The Morgan fingerprint density at radius 3 is 2.54 bits per heavy atom. The minimum atomic E-state index is 0.631. The SMILES string of the molecule is [B][n+]1c(CCCC)[nH]c(CN2CCN(c3ccccc3)CC2)c1Cl. The molecule has 126 valence electrons. The summed E-state index contributed by atoms with van der Waals surface area (Å²) in [4.78, 5) is 8.29. The summed E-state index contributed by atoms with van der Waals surface area (Å²) in [7, 11) is 6.07. The lowest BCUT2D eigenvalue weighted by molar-refractivity contribution is -0.527. The van der Waals surface area contributed by atoms with E-state index in [-0.39, 0.29) is 0 Å². The maximum Gasteiger partial charge on any atom is 0.410 e. The van der Waals surface area contributed by atoms with Gasteiger partial charge >= 0.3 is 7.98 Å². The fraction of sp³-hybridized carbons (Fsp3) is 0.500. The highest BCUT2D eigenvalue weighted by Gasteiger charge is 2.24. The summed E-state index contributed by atoms with van der Waals surface area (Å²) in [5.74, 6) is 1.01. The van der Waals surface area contributed by atoms with Crippen LogP contribution in [-0.2, 0) is 13.0 Å². The number of hydrogen-bond acceptors (Lipinski definition) is 2. The molecule has 0 bridgehead atoms. The van der Waals surface area contributed by atoms with E-state index in [9.17, 15) is 0 Å². The van der Waals surface area contributed by atoms with Crippen molar-refractivity contribution in [3.8, 4) is 0 Å². The van der Waals surface area contributed by atoms with Gasteiger partial charge in [-0.3, -0.25) is 9.38 Å². The number of aromatic amines is 1. The molecule has 6 heteroatoms. The number of hydrogen-bond donors (Lipinski definition) is 1. The predicted molar refractivity (Wildman–Crippen MR) is 99.7 cm³/mol. The van der Waals surface area contributed by atoms with E-state index >= 15 is 0 Å². The summed E-state index contributed by atoms with van der Waals surface area (Å²) in [6.07, 6.45) is 3.20. The number of para-hydroxylation sites is 1. The molecular formula is C18H25BClN4+. The van der Waals surface area contributed by atoms with Gasteiger partial charge in [-0.15, -0.1) is 0 Å². The van der Waals surface area contributed by atoms with Crippen LogP contribution in [0, 0.1) is 0 Å². The van der Waals surface area contributed by atoms with Crippen LogP contribution >= 0.6 is 11.6 Å². The Balaban J connectivity index is 1.58. The first-order chi connectivity index (χ1) is 11.7. The highest BCUT2D eigenvalue weighted by atomic mass is 35.5. The molecule has 1 N–H and O–H groups in total. The molecule has 1 aromatic heterocycles. The van der Waals surface area contributed by atoms with E-state index < -0.39 is 0 Å². The van der Waals surface area contributed by atoms with Gasteiger partial charge in [0.15, 0.2) is 5.69 Å². The Kier molecular flexibility index (Phi) is 5.85. The summed E-state index contributed by atoms with van der Waals surface area (Å²) in [6.45, 7) is 7.13. The number of H-pyrrole nitrogens is 1. The van der Waals surface area contributed by atoms with E-state index in [0.29, 0.717) is 5.15 Å². The first-order valence-electron chi connectivity index (χ1n) is 8.77. The number of aryl methyl sites for hydroxylation is 1. The van der Waals surface area contributed by atoms with Crippen LogP contribution in [0.3, 0.4) is 0 Å². The van der Waals surface area contributed by atoms with Gasteiger partial charge in [-0.1, -0.05) is 31.5 Å². The number of halogens is 1. The monoisotopic (exact) mass is 343 g/mol. The van der Waals surface area contributed by atoms with Crippen molar-refractivity contribution in [1.29, 1.82) is 0 Å². The largest absolute Gasteiger partial charge is 0.410 e. The first kappa shape index (κ1) is 17.4. The van der Waals surface area contributed by atoms with Gasteiger partial charge in [-0.2, -0.15) is 0 Å². The molecule has 1 saturated heterocycles. The summed E-state index contributed by atoms with van der Waals surface area (Å²) in [6, 6.07) is 10.6. The second-order valence-electron chi connectivity index (χ2n) is 6.41. The molecule has 0 saturated carbocycles. The summed E-state index contributed by atoms with van der Waals surface area (Å²) in [5.41, 5.74) is 2.33. The molecule has 0 atom stereocenters. The van der Waals surface area contributed by atoms with Crippen LogP contribution < -0.4 is 9.38 Å². The van der Waals surface area contributed by atoms with Crippen molar-refractivity contribution in [3.63, 3.8) is 0 Å². The fourth-order valence-corrected chi connectivity index (χ4v) is 3.42. The number of nitrogens with zero attached hydrogens (tertiary/aromatic N) is 3. The number of piperazine rings is 1. The summed E-state index contributed by atoms with van der Waals surface area (Å²) >= 11 is 6.41. The molecule has 1 aromatic carbocycles. The Labute approximate surface area is 150 Å². The molecular weight excluding hydrogens is 318 g/mol. The van der Waals surface area contributed by atoms with Crippen molar-refractivity contribution >= 4 is 25.3 Å². The third-order valence-corrected chi connectivity index (χ3v) is 5.10. The number of unbranched alkanes of at least 4 members (excludes halogenated alkanes) is 1. The quantitative estimate of drug-likeness (QED) is 0.816. The fourth-order valence-electron chi connectivity index (χ4n) is 3.21. The second-order valence-corrected chi connectivity index (χ2v) is 6.77. The van der Waals surface area contributed by atoms with Crippen molar-refractivity contribution in [2.45, 2.75) is 32.7 Å². The number of nitrogens with one attached hydrogen (secondary N) is 1. The van der Waals surface area contributed by atoms with Gasteiger partial charge < -0.3 is 4.90 Å². The standard InChI is InChI=1S/C18H25BClN4/c1-2-3-9-17-21-16(18(20)24(17)19)14-22-10-12-23(13-11-22)15-7-5-4-6-8-15/h4-8,21H,2-3,9-14H2,1H3/q+1.